The minimum atomic E-state index is 0.385. The third-order valence-corrected chi connectivity index (χ3v) is 4.47. The van der Waals surface area contributed by atoms with Gasteiger partial charge in [-0.3, -0.25) is 0 Å². The SMILES string of the molecule is CCCCCCCCC(CCO)CCCCCCCC. The van der Waals surface area contributed by atoms with Crippen molar-refractivity contribution in [1.29, 1.82) is 0 Å². The van der Waals surface area contributed by atoms with E-state index in [0.717, 1.165) is 12.3 Å². The van der Waals surface area contributed by atoms with Crippen LogP contribution in [0.3, 0.4) is 0 Å². The lowest BCUT2D eigenvalue weighted by Crippen LogP contribution is -2.03. The minimum absolute atomic E-state index is 0.385. The van der Waals surface area contributed by atoms with E-state index in [-0.39, 0.29) is 0 Å². The molecule has 0 aliphatic carbocycles. The molecule has 1 nitrogen and oxygen atoms in total. The molecule has 0 fully saturated rings. The number of aliphatic hydroxyl groups excluding tert-OH is 1. The third-order valence-electron chi connectivity index (χ3n) is 4.47. The lowest BCUT2D eigenvalue weighted by atomic mass is 9.92. The zero-order valence-electron chi connectivity index (χ0n) is 14.3. The Morgan fingerprint density at radius 3 is 1.35 bits per heavy atom. The Morgan fingerprint density at radius 2 is 0.950 bits per heavy atom. The second-order valence-corrected chi connectivity index (χ2v) is 6.49. The summed E-state index contributed by atoms with van der Waals surface area (Å²) in [6, 6.07) is 0. The molecule has 1 heteroatoms. The maximum Gasteiger partial charge on any atom is 0.0433 e. The van der Waals surface area contributed by atoms with Crippen LogP contribution in [0.2, 0.25) is 0 Å². The highest BCUT2D eigenvalue weighted by Crippen LogP contribution is 2.21. The standard InChI is InChI=1S/C19H40O/c1-3-5-7-9-11-13-15-19(17-18-20)16-14-12-10-8-6-4-2/h19-20H,3-18H2,1-2H3. The van der Waals surface area contributed by atoms with E-state index in [2.05, 4.69) is 13.8 Å². The molecular weight excluding hydrogens is 244 g/mol. The van der Waals surface area contributed by atoms with Crippen LogP contribution in [0.1, 0.15) is 110 Å². The monoisotopic (exact) mass is 284 g/mol. The summed E-state index contributed by atoms with van der Waals surface area (Å²) in [6.45, 7) is 4.94. The normalized spacial score (nSPS) is 11.4. The van der Waals surface area contributed by atoms with Crippen molar-refractivity contribution in [2.75, 3.05) is 6.61 Å². The fraction of sp³-hybridized carbons (Fsp3) is 1.00. The number of aliphatic hydroxyl groups is 1. The Morgan fingerprint density at radius 1 is 0.550 bits per heavy atom. The van der Waals surface area contributed by atoms with Gasteiger partial charge < -0.3 is 5.11 Å². The topological polar surface area (TPSA) is 20.2 Å². The first-order valence-electron chi connectivity index (χ1n) is 9.46. The number of unbranched alkanes of at least 4 members (excludes halogenated alkanes) is 10. The van der Waals surface area contributed by atoms with Crippen molar-refractivity contribution in [1.82, 2.24) is 0 Å². The lowest BCUT2D eigenvalue weighted by Gasteiger charge is -2.15. The average Bonchev–Trinajstić information content (AvgIpc) is 2.46. The molecule has 0 aliphatic heterocycles. The Kier molecular flexibility index (Phi) is 17.0. The predicted octanol–water partition coefficient (Wildman–Crippen LogP) is 6.49. The Labute approximate surface area is 128 Å². The molecule has 0 rings (SSSR count). The van der Waals surface area contributed by atoms with Gasteiger partial charge in [0.2, 0.25) is 0 Å². The summed E-state index contributed by atoms with van der Waals surface area (Å²) >= 11 is 0. The lowest BCUT2D eigenvalue weighted by molar-refractivity contribution is 0.241. The zero-order chi connectivity index (χ0) is 14.9. The van der Waals surface area contributed by atoms with Crippen molar-refractivity contribution < 1.29 is 5.11 Å². The molecule has 0 bridgehead atoms. The third kappa shape index (κ3) is 14.4. The van der Waals surface area contributed by atoms with Crippen LogP contribution in [0.5, 0.6) is 0 Å². The van der Waals surface area contributed by atoms with Crippen LogP contribution in [-0.4, -0.2) is 11.7 Å². The molecule has 0 aliphatic rings. The van der Waals surface area contributed by atoms with Gasteiger partial charge in [0.1, 0.15) is 0 Å². The number of rotatable bonds is 16. The Hall–Kier alpha value is -0.0400. The molecule has 0 aromatic carbocycles. The number of hydrogen-bond donors (Lipinski definition) is 1. The van der Waals surface area contributed by atoms with Gasteiger partial charge in [0.25, 0.3) is 0 Å². The minimum Gasteiger partial charge on any atom is -0.396 e. The predicted molar refractivity (Wildman–Crippen MR) is 91.2 cm³/mol. The first-order valence-corrected chi connectivity index (χ1v) is 9.46. The quantitative estimate of drug-likeness (QED) is 0.321. The summed E-state index contributed by atoms with van der Waals surface area (Å²) in [5.41, 5.74) is 0. The Balaban J connectivity index is 3.45. The molecule has 0 aromatic heterocycles. The first kappa shape index (κ1) is 20.0. The zero-order valence-corrected chi connectivity index (χ0v) is 14.3. The molecule has 0 saturated carbocycles. The van der Waals surface area contributed by atoms with Crippen molar-refractivity contribution in [2.45, 2.75) is 110 Å². The second-order valence-electron chi connectivity index (χ2n) is 6.49. The van der Waals surface area contributed by atoms with E-state index in [1.165, 1.54) is 89.9 Å². The summed E-state index contributed by atoms with van der Waals surface area (Å²) in [7, 11) is 0. The van der Waals surface area contributed by atoms with Gasteiger partial charge in [0, 0.05) is 6.61 Å². The summed E-state index contributed by atoms with van der Waals surface area (Å²) in [6.07, 6.45) is 20.4. The highest BCUT2D eigenvalue weighted by molar-refractivity contribution is 4.60. The van der Waals surface area contributed by atoms with Crippen molar-refractivity contribution in [2.24, 2.45) is 5.92 Å². The van der Waals surface area contributed by atoms with E-state index in [1.807, 2.05) is 0 Å². The van der Waals surface area contributed by atoms with Gasteiger partial charge in [-0.15, -0.1) is 0 Å². The van der Waals surface area contributed by atoms with Gasteiger partial charge in [-0.05, 0) is 12.3 Å². The van der Waals surface area contributed by atoms with E-state index in [1.54, 1.807) is 0 Å². The summed E-state index contributed by atoms with van der Waals surface area (Å²) in [5, 5.41) is 9.18. The van der Waals surface area contributed by atoms with Gasteiger partial charge in [-0.25, -0.2) is 0 Å². The molecule has 0 radical (unpaired) electrons. The van der Waals surface area contributed by atoms with E-state index >= 15 is 0 Å². The molecule has 0 atom stereocenters. The van der Waals surface area contributed by atoms with Crippen molar-refractivity contribution in [3.63, 3.8) is 0 Å². The molecule has 0 unspecified atom stereocenters. The molecule has 1 N–H and O–H groups in total. The second kappa shape index (κ2) is 17.0. The molecular formula is C19H40O. The first-order chi connectivity index (χ1) is 9.85. The molecule has 0 aromatic rings. The molecule has 122 valence electrons. The van der Waals surface area contributed by atoms with E-state index in [9.17, 15) is 5.11 Å². The highest BCUT2D eigenvalue weighted by atomic mass is 16.3. The van der Waals surface area contributed by atoms with Gasteiger partial charge in [-0.2, -0.15) is 0 Å². The highest BCUT2D eigenvalue weighted by Gasteiger charge is 2.07. The van der Waals surface area contributed by atoms with Gasteiger partial charge >= 0.3 is 0 Å². The largest absolute Gasteiger partial charge is 0.396 e. The van der Waals surface area contributed by atoms with Crippen molar-refractivity contribution in [3.05, 3.63) is 0 Å². The van der Waals surface area contributed by atoms with Crippen molar-refractivity contribution >= 4 is 0 Å². The smallest absolute Gasteiger partial charge is 0.0433 e. The molecule has 0 saturated heterocycles. The summed E-state index contributed by atoms with van der Waals surface area (Å²) in [5.74, 6) is 0.789. The molecule has 0 amide bonds. The van der Waals surface area contributed by atoms with Crippen LogP contribution in [0.4, 0.5) is 0 Å². The molecule has 0 heterocycles. The van der Waals surface area contributed by atoms with E-state index in [0.29, 0.717) is 6.61 Å². The van der Waals surface area contributed by atoms with Crippen LogP contribution >= 0.6 is 0 Å². The number of hydrogen-bond acceptors (Lipinski definition) is 1. The van der Waals surface area contributed by atoms with Crippen LogP contribution in [0.15, 0.2) is 0 Å². The summed E-state index contributed by atoms with van der Waals surface area (Å²) < 4.78 is 0. The fourth-order valence-electron chi connectivity index (χ4n) is 3.04. The van der Waals surface area contributed by atoms with Gasteiger partial charge in [0.05, 0.1) is 0 Å². The maximum absolute atomic E-state index is 9.18. The summed E-state index contributed by atoms with van der Waals surface area (Å²) in [4.78, 5) is 0. The van der Waals surface area contributed by atoms with Crippen molar-refractivity contribution in [3.8, 4) is 0 Å². The maximum atomic E-state index is 9.18. The molecule has 0 spiro atoms. The van der Waals surface area contributed by atoms with Crippen LogP contribution in [0, 0.1) is 5.92 Å². The van der Waals surface area contributed by atoms with Gasteiger partial charge in [-0.1, -0.05) is 104 Å². The van der Waals surface area contributed by atoms with Crippen LogP contribution in [0.25, 0.3) is 0 Å². The fourth-order valence-corrected chi connectivity index (χ4v) is 3.04. The van der Waals surface area contributed by atoms with Crippen LogP contribution < -0.4 is 0 Å². The Bertz CT molecular complexity index is 151. The van der Waals surface area contributed by atoms with E-state index < -0.39 is 0 Å². The van der Waals surface area contributed by atoms with E-state index in [4.69, 9.17) is 0 Å². The average molecular weight is 285 g/mol. The van der Waals surface area contributed by atoms with Crippen LogP contribution in [-0.2, 0) is 0 Å². The van der Waals surface area contributed by atoms with Gasteiger partial charge in [0.15, 0.2) is 0 Å². The molecule has 20 heavy (non-hydrogen) atoms.